The molecule has 1 rings (SSSR count). The molecular weight excluding hydrogens is 193 g/mol. The summed E-state index contributed by atoms with van der Waals surface area (Å²) in [4.78, 5) is 0. The van der Waals surface area contributed by atoms with Crippen LogP contribution < -0.4 is 10.5 Å². The number of ether oxygens (including phenoxy) is 1. The Morgan fingerprint density at radius 3 is 2.73 bits per heavy atom. The molecule has 0 spiro atoms. The van der Waals surface area contributed by atoms with E-state index in [9.17, 15) is 4.39 Å². The van der Waals surface area contributed by atoms with Gasteiger partial charge in [0.25, 0.3) is 0 Å². The normalized spacial score (nSPS) is 12.5. The Morgan fingerprint density at radius 2 is 2.20 bits per heavy atom. The van der Waals surface area contributed by atoms with Gasteiger partial charge in [0.05, 0.1) is 0 Å². The van der Waals surface area contributed by atoms with Crippen LogP contribution in [-0.2, 0) is 0 Å². The molecule has 0 bridgehead atoms. The number of aryl methyl sites for hydroxylation is 1. The van der Waals surface area contributed by atoms with E-state index in [4.69, 9.17) is 10.5 Å². The van der Waals surface area contributed by atoms with Gasteiger partial charge in [-0.2, -0.15) is 0 Å². The van der Waals surface area contributed by atoms with E-state index in [1.165, 1.54) is 12.1 Å². The first kappa shape index (κ1) is 12.0. The first-order valence-electron chi connectivity index (χ1n) is 5.30. The van der Waals surface area contributed by atoms with Crippen molar-refractivity contribution < 1.29 is 9.13 Å². The second-order valence-electron chi connectivity index (χ2n) is 3.67. The lowest BCUT2D eigenvalue weighted by atomic mass is 10.2. The van der Waals surface area contributed by atoms with Crippen LogP contribution in [0.1, 0.15) is 25.3 Å². The van der Waals surface area contributed by atoms with Crippen LogP contribution in [0, 0.1) is 12.7 Å². The van der Waals surface area contributed by atoms with Crippen LogP contribution in [0.25, 0.3) is 0 Å². The van der Waals surface area contributed by atoms with E-state index in [-0.39, 0.29) is 11.9 Å². The maximum atomic E-state index is 12.8. The lowest BCUT2D eigenvalue weighted by Gasteiger charge is -2.18. The maximum Gasteiger partial charge on any atom is 0.123 e. The minimum absolute atomic E-state index is 0.0270. The average Bonchev–Trinajstić information content (AvgIpc) is 2.21. The second-order valence-corrected chi connectivity index (χ2v) is 3.67. The summed E-state index contributed by atoms with van der Waals surface area (Å²) in [6.45, 7) is 4.41. The third-order valence-corrected chi connectivity index (χ3v) is 2.30. The van der Waals surface area contributed by atoms with Crippen molar-refractivity contribution >= 4 is 0 Å². The number of halogens is 1. The molecule has 1 aromatic rings. The molecule has 0 heterocycles. The van der Waals surface area contributed by atoms with Gasteiger partial charge >= 0.3 is 0 Å². The van der Waals surface area contributed by atoms with Gasteiger partial charge in [-0.1, -0.05) is 13.3 Å². The molecule has 1 unspecified atom stereocenters. The molecule has 0 fully saturated rings. The highest BCUT2D eigenvalue weighted by atomic mass is 19.1. The van der Waals surface area contributed by atoms with Gasteiger partial charge in [-0.3, -0.25) is 0 Å². The Labute approximate surface area is 90.2 Å². The topological polar surface area (TPSA) is 35.2 Å². The second kappa shape index (κ2) is 5.71. The number of nitrogens with two attached hydrogens (primary N) is 1. The van der Waals surface area contributed by atoms with Crippen LogP contribution in [0.3, 0.4) is 0 Å². The first-order valence-corrected chi connectivity index (χ1v) is 5.30. The molecule has 0 radical (unpaired) electrons. The van der Waals surface area contributed by atoms with Crippen LogP contribution in [0.5, 0.6) is 5.75 Å². The van der Waals surface area contributed by atoms with Crippen LogP contribution in [0.15, 0.2) is 18.2 Å². The van der Waals surface area contributed by atoms with E-state index >= 15 is 0 Å². The summed E-state index contributed by atoms with van der Waals surface area (Å²) in [5, 5.41) is 0. The summed E-state index contributed by atoms with van der Waals surface area (Å²) in [6, 6.07) is 4.53. The SMILES string of the molecule is CCCC(CN)Oc1ccc(F)cc1C. The number of hydrogen-bond acceptors (Lipinski definition) is 2. The van der Waals surface area contributed by atoms with Gasteiger partial charge < -0.3 is 10.5 Å². The van der Waals surface area contributed by atoms with E-state index < -0.39 is 0 Å². The van der Waals surface area contributed by atoms with Crippen molar-refractivity contribution in [2.45, 2.75) is 32.8 Å². The molecular formula is C12H18FNO. The molecule has 0 amide bonds. The third kappa shape index (κ3) is 3.51. The van der Waals surface area contributed by atoms with E-state index in [0.29, 0.717) is 6.54 Å². The molecule has 1 aromatic carbocycles. The fourth-order valence-electron chi connectivity index (χ4n) is 1.47. The van der Waals surface area contributed by atoms with Gasteiger partial charge in [-0.05, 0) is 37.1 Å². The van der Waals surface area contributed by atoms with Gasteiger partial charge in [0.2, 0.25) is 0 Å². The van der Waals surface area contributed by atoms with Crippen molar-refractivity contribution in [1.29, 1.82) is 0 Å². The smallest absolute Gasteiger partial charge is 0.123 e. The van der Waals surface area contributed by atoms with Gasteiger partial charge in [0.1, 0.15) is 17.7 Å². The molecule has 3 heteroatoms. The molecule has 84 valence electrons. The van der Waals surface area contributed by atoms with E-state index in [1.807, 2.05) is 6.92 Å². The zero-order valence-corrected chi connectivity index (χ0v) is 9.29. The minimum atomic E-state index is -0.236. The molecule has 0 aliphatic rings. The molecule has 2 nitrogen and oxygen atoms in total. The molecule has 1 atom stereocenters. The number of hydrogen-bond donors (Lipinski definition) is 1. The molecule has 2 N–H and O–H groups in total. The zero-order valence-electron chi connectivity index (χ0n) is 9.29. The van der Waals surface area contributed by atoms with Gasteiger partial charge in [0, 0.05) is 6.54 Å². The fourth-order valence-corrected chi connectivity index (χ4v) is 1.47. The predicted molar refractivity (Wildman–Crippen MR) is 59.5 cm³/mol. The Bertz CT molecular complexity index is 314. The average molecular weight is 211 g/mol. The Balaban J connectivity index is 2.70. The van der Waals surface area contributed by atoms with Crippen molar-refractivity contribution in [2.24, 2.45) is 5.73 Å². The summed E-state index contributed by atoms with van der Waals surface area (Å²) >= 11 is 0. The summed E-state index contributed by atoms with van der Waals surface area (Å²) in [5.41, 5.74) is 6.40. The Morgan fingerprint density at radius 1 is 1.47 bits per heavy atom. The summed E-state index contributed by atoms with van der Waals surface area (Å²) in [5.74, 6) is 0.486. The number of benzene rings is 1. The Hall–Kier alpha value is -1.09. The van der Waals surface area contributed by atoms with Crippen LogP contribution in [0.4, 0.5) is 4.39 Å². The number of rotatable bonds is 5. The largest absolute Gasteiger partial charge is 0.489 e. The van der Waals surface area contributed by atoms with Gasteiger partial charge in [-0.25, -0.2) is 4.39 Å². The summed E-state index contributed by atoms with van der Waals surface area (Å²) in [7, 11) is 0. The summed E-state index contributed by atoms with van der Waals surface area (Å²) < 4.78 is 18.5. The molecule has 0 aromatic heterocycles. The first-order chi connectivity index (χ1) is 7.17. The van der Waals surface area contributed by atoms with Gasteiger partial charge in [-0.15, -0.1) is 0 Å². The Kier molecular flexibility index (Phi) is 4.56. The fraction of sp³-hybridized carbons (Fsp3) is 0.500. The molecule has 0 aliphatic carbocycles. The molecule has 0 saturated heterocycles. The quantitative estimate of drug-likeness (QED) is 0.812. The highest BCUT2D eigenvalue weighted by molar-refractivity contribution is 5.32. The maximum absolute atomic E-state index is 12.8. The minimum Gasteiger partial charge on any atom is -0.489 e. The van der Waals surface area contributed by atoms with Crippen molar-refractivity contribution in [3.8, 4) is 5.75 Å². The van der Waals surface area contributed by atoms with E-state index in [1.54, 1.807) is 6.07 Å². The van der Waals surface area contributed by atoms with E-state index in [2.05, 4.69) is 6.92 Å². The lowest BCUT2D eigenvalue weighted by molar-refractivity contribution is 0.196. The highest BCUT2D eigenvalue weighted by Gasteiger charge is 2.09. The summed E-state index contributed by atoms with van der Waals surface area (Å²) in [6.07, 6.45) is 1.98. The van der Waals surface area contributed by atoms with E-state index in [0.717, 1.165) is 24.2 Å². The predicted octanol–water partition coefficient (Wildman–Crippen LogP) is 2.64. The monoisotopic (exact) mass is 211 g/mol. The van der Waals surface area contributed by atoms with Crippen LogP contribution >= 0.6 is 0 Å². The lowest BCUT2D eigenvalue weighted by Crippen LogP contribution is -2.26. The molecule has 0 saturated carbocycles. The third-order valence-electron chi connectivity index (χ3n) is 2.30. The van der Waals surface area contributed by atoms with Crippen molar-refractivity contribution in [3.63, 3.8) is 0 Å². The van der Waals surface area contributed by atoms with Crippen molar-refractivity contribution in [2.75, 3.05) is 6.54 Å². The standard InChI is InChI=1S/C12H18FNO/c1-3-4-11(8-14)15-12-6-5-10(13)7-9(12)2/h5-7,11H,3-4,8,14H2,1-2H3. The molecule has 15 heavy (non-hydrogen) atoms. The highest BCUT2D eigenvalue weighted by Crippen LogP contribution is 2.20. The zero-order chi connectivity index (χ0) is 11.3. The molecule has 0 aliphatic heterocycles. The van der Waals surface area contributed by atoms with Crippen LogP contribution in [0.2, 0.25) is 0 Å². The van der Waals surface area contributed by atoms with Crippen LogP contribution in [-0.4, -0.2) is 12.6 Å². The van der Waals surface area contributed by atoms with Crippen molar-refractivity contribution in [3.05, 3.63) is 29.6 Å². The van der Waals surface area contributed by atoms with Gasteiger partial charge in [0.15, 0.2) is 0 Å². The van der Waals surface area contributed by atoms with Crippen molar-refractivity contribution in [1.82, 2.24) is 0 Å².